The van der Waals surface area contributed by atoms with Crippen molar-refractivity contribution in [1.82, 2.24) is 14.8 Å². The number of aryl methyl sites for hydroxylation is 1. The Labute approximate surface area is 112 Å². The summed E-state index contributed by atoms with van der Waals surface area (Å²) < 4.78 is 39.1. The Morgan fingerprint density at radius 3 is 2.60 bits per heavy atom. The monoisotopic (exact) mass is 284 g/mol. The SMILES string of the molecule is O=C(CCn1cnnc1)Nc1cccc(C(F)(F)F)c1. The third-order valence-corrected chi connectivity index (χ3v) is 2.54. The number of carbonyl (C=O) groups is 1. The van der Waals surface area contributed by atoms with Crippen LogP contribution in [-0.4, -0.2) is 20.7 Å². The fraction of sp³-hybridized carbons (Fsp3) is 0.250. The summed E-state index contributed by atoms with van der Waals surface area (Å²) >= 11 is 0. The van der Waals surface area contributed by atoms with E-state index in [1.165, 1.54) is 24.8 Å². The van der Waals surface area contributed by atoms with Gasteiger partial charge in [0.2, 0.25) is 5.91 Å². The van der Waals surface area contributed by atoms with Crippen LogP contribution < -0.4 is 5.32 Å². The molecule has 0 aliphatic carbocycles. The predicted molar refractivity (Wildman–Crippen MR) is 64.7 cm³/mol. The molecule has 8 heteroatoms. The number of benzene rings is 1. The number of hydrogen-bond donors (Lipinski definition) is 1. The van der Waals surface area contributed by atoms with Crippen molar-refractivity contribution in [2.75, 3.05) is 5.32 Å². The van der Waals surface area contributed by atoms with E-state index in [4.69, 9.17) is 0 Å². The van der Waals surface area contributed by atoms with Crippen molar-refractivity contribution in [2.24, 2.45) is 0 Å². The Morgan fingerprint density at radius 2 is 1.95 bits per heavy atom. The van der Waals surface area contributed by atoms with Gasteiger partial charge in [-0.2, -0.15) is 13.2 Å². The molecular formula is C12H11F3N4O. The van der Waals surface area contributed by atoms with Crippen LogP contribution in [0.4, 0.5) is 18.9 Å². The highest BCUT2D eigenvalue weighted by Crippen LogP contribution is 2.30. The largest absolute Gasteiger partial charge is 0.416 e. The molecule has 5 nitrogen and oxygen atoms in total. The third kappa shape index (κ3) is 3.81. The van der Waals surface area contributed by atoms with Crippen molar-refractivity contribution in [3.8, 4) is 0 Å². The minimum atomic E-state index is -4.43. The van der Waals surface area contributed by atoms with E-state index in [1.54, 1.807) is 4.57 Å². The van der Waals surface area contributed by atoms with Crippen LogP contribution >= 0.6 is 0 Å². The summed E-state index contributed by atoms with van der Waals surface area (Å²) in [6.45, 7) is 0.359. The molecule has 0 spiro atoms. The van der Waals surface area contributed by atoms with Crippen molar-refractivity contribution in [3.05, 3.63) is 42.5 Å². The molecular weight excluding hydrogens is 273 g/mol. The van der Waals surface area contributed by atoms with E-state index < -0.39 is 11.7 Å². The lowest BCUT2D eigenvalue weighted by Gasteiger charge is -2.09. The summed E-state index contributed by atoms with van der Waals surface area (Å²) in [6.07, 6.45) is -1.40. The van der Waals surface area contributed by atoms with Gasteiger partial charge in [-0.1, -0.05) is 6.07 Å². The van der Waals surface area contributed by atoms with Crippen molar-refractivity contribution < 1.29 is 18.0 Å². The van der Waals surface area contributed by atoms with Crippen LogP contribution in [0.5, 0.6) is 0 Å². The lowest BCUT2D eigenvalue weighted by atomic mass is 10.2. The number of nitrogens with zero attached hydrogens (tertiary/aromatic N) is 3. The lowest BCUT2D eigenvalue weighted by molar-refractivity contribution is -0.137. The summed E-state index contributed by atoms with van der Waals surface area (Å²) in [5, 5.41) is 9.58. The number of aromatic nitrogens is 3. The number of carbonyl (C=O) groups excluding carboxylic acids is 1. The molecule has 0 fully saturated rings. The predicted octanol–water partition coefficient (Wildman–Crippen LogP) is 2.33. The standard InChI is InChI=1S/C12H11F3N4O/c13-12(14,15)9-2-1-3-10(6-9)18-11(20)4-5-19-7-16-17-8-19/h1-3,6-8H,4-5H2,(H,18,20). The lowest BCUT2D eigenvalue weighted by Crippen LogP contribution is -2.15. The first-order valence-electron chi connectivity index (χ1n) is 5.75. The van der Waals surface area contributed by atoms with Gasteiger partial charge in [0, 0.05) is 18.7 Å². The van der Waals surface area contributed by atoms with E-state index in [0.29, 0.717) is 6.54 Å². The molecule has 20 heavy (non-hydrogen) atoms. The molecule has 0 bridgehead atoms. The average molecular weight is 284 g/mol. The molecule has 2 rings (SSSR count). The zero-order valence-electron chi connectivity index (χ0n) is 10.3. The molecule has 106 valence electrons. The van der Waals surface area contributed by atoms with Gasteiger partial charge in [0.15, 0.2) is 0 Å². The normalized spacial score (nSPS) is 11.3. The van der Waals surface area contributed by atoms with Crippen LogP contribution in [0.3, 0.4) is 0 Å². The quantitative estimate of drug-likeness (QED) is 0.937. The maximum atomic E-state index is 12.5. The Kier molecular flexibility index (Phi) is 4.02. The highest BCUT2D eigenvalue weighted by atomic mass is 19.4. The summed E-state index contributed by atoms with van der Waals surface area (Å²) in [6, 6.07) is 4.51. The Bertz CT molecular complexity index is 581. The maximum absolute atomic E-state index is 12.5. The number of rotatable bonds is 4. The van der Waals surface area contributed by atoms with E-state index >= 15 is 0 Å². The number of anilines is 1. The summed E-state index contributed by atoms with van der Waals surface area (Å²) in [5.74, 6) is -0.377. The molecule has 1 aromatic heterocycles. The van der Waals surface area contributed by atoms with E-state index in [-0.39, 0.29) is 18.0 Å². The van der Waals surface area contributed by atoms with Crippen molar-refractivity contribution in [1.29, 1.82) is 0 Å². The van der Waals surface area contributed by atoms with Crippen LogP contribution in [0.15, 0.2) is 36.9 Å². The van der Waals surface area contributed by atoms with Gasteiger partial charge in [-0.25, -0.2) is 0 Å². The summed E-state index contributed by atoms with van der Waals surface area (Å²) in [5.41, 5.74) is -0.678. The fourth-order valence-corrected chi connectivity index (χ4v) is 1.56. The molecule has 1 N–H and O–H groups in total. The molecule has 1 heterocycles. The zero-order valence-corrected chi connectivity index (χ0v) is 10.3. The summed E-state index contributed by atoms with van der Waals surface area (Å²) in [4.78, 5) is 11.6. The van der Waals surface area contributed by atoms with Gasteiger partial charge >= 0.3 is 6.18 Å². The van der Waals surface area contributed by atoms with E-state index in [0.717, 1.165) is 12.1 Å². The minimum Gasteiger partial charge on any atom is -0.326 e. The molecule has 0 unspecified atom stereocenters. The van der Waals surface area contributed by atoms with Gasteiger partial charge in [0.25, 0.3) is 0 Å². The van der Waals surface area contributed by atoms with Crippen LogP contribution in [0.1, 0.15) is 12.0 Å². The Balaban J connectivity index is 1.94. The second-order valence-corrected chi connectivity index (χ2v) is 4.08. The van der Waals surface area contributed by atoms with Crippen molar-refractivity contribution in [3.63, 3.8) is 0 Å². The van der Waals surface area contributed by atoms with Crippen LogP contribution in [0.25, 0.3) is 0 Å². The van der Waals surface area contributed by atoms with Gasteiger partial charge in [-0.3, -0.25) is 4.79 Å². The van der Waals surface area contributed by atoms with Crippen molar-refractivity contribution in [2.45, 2.75) is 19.1 Å². The second kappa shape index (κ2) is 5.72. The van der Waals surface area contributed by atoms with Crippen LogP contribution in [0.2, 0.25) is 0 Å². The number of halogens is 3. The Hall–Kier alpha value is -2.38. The van der Waals surface area contributed by atoms with E-state index in [9.17, 15) is 18.0 Å². The molecule has 0 atom stereocenters. The molecule has 0 radical (unpaired) electrons. The van der Waals surface area contributed by atoms with E-state index in [2.05, 4.69) is 15.5 Å². The molecule has 0 saturated heterocycles. The van der Waals surface area contributed by atoms with Gasteiger partial charge in [0.05, 0.1) is 5.56 Å². The van der Waals surface area contributed by atoms with Gasteiger partial charge in [-0.15, -0.1) is 10.2 Å². The minimum absolute atomic E-state index is 0.119. The highest BCUT2D eigenvalue weighted by molar-refractivity contribution is 5.90. The van der Waals surface area contributed by atoms with Crippen LogP contribution in [-0.2, 0) is 17.5 Å². The topological polar surface area (TPSA) is 59.8 Å². The van der Waals surface area contributed by atoms with Gasteiger partial charge in [0.1, 0.15) is 12.7 Å². The Morgan fingerprint density at radius 1 is 1.25 bits per heavy atom. The van der Waals surface area contributed by atoms with Gasteiger partial charge < -0.3 is 9.88 Å². The first-order chi connectivity index (χ1) is 9.45. The van der Waals surface area contributed by atoms with Crippen LogP contribution in [0, 0.1) is 0 Å². The van der Waals surface area contributed by atoms with Crippen molar-refractivity contribution >= 4 is 11.6 Å². The number of amides is 1. The fourth-order valence-electron chi connectivity index (χ4n) is 1.56. The molecule has 1 aromatic carbocycles. The second-order valence-electron chi connectivity index (χ2n) is 4.08. The zero-order chi connectivity index (χ0) is 14.6. The number of alkyl halides is 3. The molecule has 0 saturated carbocycles. The average Bonchev–Trinajstić information content (AvgIpc) is 2.89. The number of hydrogen-bond acceptors (Lipinski definition) is 3. The molecule has 0 aliphatic rings. The first-order valence-corrected chi connectivity index (χ1v) is 5.75. The smallest absolute Gasteiger partial charge is 0.326 e. The molecule has 2 aromatic rings. The number of nitrogens with one attached hydrogen (secondary N) is 1. The van der Waals surface area contributed by atoms with E-state index in [1.807, 2.05) is 0 Å². The molecule has 0 aliphatic heterocycles. The van der Waals surface area contributed by atoms with Gasteiger partial charge in [-0.05, 0) is 18.2 Å². The third-order valence-electron chi connectivity index (χ3n) is 2.54. The highest BCUT2D eigenvalue weighted by Gasteiger charge is 2.30. The summed E-state index contributed by atoms with van der Waals surface area (Å²) in [7, 11) is 0. The maximum Gasteiger partial charge on any atom is 0.416 e. The molecule has 1 amide bonds. The first kappa shape index (κ1) is 14.0.